The molecule has 0 aliphatic rings. The van der Waals surface area contributed by atoms with Gasteiger partial charge in [0.15, 0.2) is 0 Å². The van der Waals surface area contributed by atoms with Crippen LogP contribution >= 0.6 is 12.1 Å². The molecule has 0 atom stereocenters. The maximum Gasteiger partial charge on any atom is 0.403 e. The molecule has 0 amide bonds. The fourth-order valence-electron chi connectivity index (χ4n) is 1.20. The van der Waals surface area contributed by atoms with Crippen LogP contribution in [0.2, 0.25) is 6.04 Å². The Morgan fingerprint density at radius 3 is 1.69 bits per heavy atom. The molecule has 0 bridgehead atoms. The van der Waals surface area contributed by atoms with E-state index in [-0.39, 0.29) is 12.2 Å². The van der Waals surface area contributed by atoms with Crippen LogP contribution in [-0.2, 0) is 8.85 Å². The zero-order valence-electron chi connectivity index (χ0n) is 9.33. The molecule has 0 heterocycles. The summed E-state index contributed by atoms with van der Waals surface area (Å²) in [6, 6.07) is 0.951. The Balaban J connectivity index is 4.15. The van der Waals surface area contributed by atoms with Crippen molar-refractivity contribution < 1.29 is 8.85 Å². The summed E-state index contributed by atoms with van der Waals surface area (Å²) in [5.41, 5.74) is 0. The SMILES string of the molecule is CCC[Si](S)(OC(C)C)OC(C)C. The van der Waals surface area contributed by atoms with E-state index in [4.69, 9.17) is 8.85 Å². The van der Waals surface area contributed by atoms with Crippen LogP contribution in [0.5, 0.6) is 0 Å². The normalized spacial score (nSPS) is 12.9. The summed E-state index contributed by atoms with van der Waals surface area (Å²) in [5.74, 6) is 0. The van der Waals surface area contributed by atoms with E-state index < -0.39 is 7.71 Å². The van der Waals surface area contributed by atoms with Crippen molar-refractivity contribution >= 4 is 19.8 Å². The minimum atomic E-state index is -2.18. The number of hydrogen-bond donors (Lipinski definition) is 1. The Kier molecular flexibility index (Phi) is 6.29. The lowest BCUT2D eigenvalue weighted by Crippen LogP contribution is -2.40. The van der Waals surface area contributed by atoms with Gasteiger partial charge in [-0.1, -0.05) is 13.3 Å². The van der Waals surface area contributed by atoms with Crippen molar-refractivity contribution in [1.29, 1.82) is 0 Å². The largest absolute Gasteiger partial charge is 0.403 e. The van der Waals surface area contributed by atoms with Gasteiger partial charge in [-0.3, -0.25) is 0 Å². The van der Waals surface area contributed by atoms with Crippen molar-refractivity contribution in [3.63, 3.8) is 0 Å². The Hall–Kier alpha value is 0.487. The minimum Gasteiger partial charge on any atom is -0.384 e. The van der Waals surface area contributed by atoms with Crippen LogP contribution in [0, 0.1) is 0 Å². The van der Waals surface area contributed by atoms with Crippen LogP contribution in [0.4, 0.5) is 0 Å². The summed E-state index contributed by atoms with van der Waals surface area (Å²) < 4.78 is 11.5. The monoisotopic (exact) mass is 222 g/mol. The van der Waals surface area contributed by atoms with Gasteiger partial charge in [-0.2, -0.15) is 0 Å². The van der Waals surface area contributed by atoms with Gasteiger partial charge in [-0.05, 0) is 27.7 Å². The predicted molar refractivity (Wildman–Crippen MR) is 62.3 cm³/mol. The molecule has 0 aliphatic heterocycles. The maximum atomic E-state index is 5.77. The first-order valence-corrected chi connectivity index (χ1v) is 8.29. The zero-order chi connectivity index (χ0) is 10.5. The minimum absolute atomic E-state index is 0.203. The highest BCUT2D eigenvalue weighted by Crippen LogP contribution is 2.23. The number of rotatable bonds is 6. The summed E-state index contributed by atoms with van der Waals surface area (Å²) in [6.07, 6.45) is 1.47. The second-order valence-electron chi connectivity index (χ2n) is 3.80. The van der Waals surface area contributed by atoms with E-state index in [1.807, 2.05) is 27.7 Å². The molecule has 0 aliphatic carbocycles. The Morgan fingerprint density at radius 2 is 1.46 bits per heavy atom. The third-order valence-corrected chi connectivity index (χ3v) is 5.52. The highest BCUT2D eigenvalue weighted by molar-refractivity contribution is 8.12. The van der Waals surface area contributed by atoms with E-state index in [1.165, 1.54) is 0 Å². The third-order valence-electron chi connectivity index (χ3n) is 1.41. The van der Waals surface area contributed by atoms with E-state index in [9.17, 15) is 0 Å². The third kappa shape index (κ3) is 6.54. The second-order valence-corrected chi connectivity index (χ2v) is 8.24. The fourth-order valence-corrected chi connectivity index (χ4v) is 5.53. The Labute approximate surface area is 88.3 Å². The van der Waals surface area contributed by atoms with E-state index >= 15 is 0 Å². The van der Waals surface area contributed by atoms with Gasteiger partial charge in [0.1, 0.15) is 0 Å². The molecule has 0 aromatic carbocycles. The van der Waals surface area contributed by atoms with Crippen LogP contribution in [0.3, 0.4) is 0 Å². The molecular weight excluding hydrogens is 200 g/mol. The van der Waals surface area contributed by atoms with E-state index in [0.29, 0.717) is 0 Å². The van der Waals surface area contributed by atoms with E-state index in [2.05, 4.69) is 19.0 Å². The topological polar surface area (TPSA) is 18.5 Å². The van der Waals surface area contributed by atoms with Crippen molar-refractivity contribution in [2.24, 2.45) is 0 Å². The first-order chi connectivity index (χ1) is 5.89. The van der Waals surface area contributed by atoms with Gasteiger partial charge < -0.3 is 8.85 Å². The summed E-state index contributed by atoms with van der Waals surface area (Å²) in [6.45, 7) is 10.2. The summed E-state index contributed by atoms with van der Waals surface area (Å²) >= 11 is 4.57. The van der Waals surface area contributed by atoms with E-state index in [1.54, 1.807) is 0 Å². The van der Waals surface area contributed by atoms with Crippen molar-refractivity contribution in [2.75, 3.05) is 0 Å². The lowest BCUT2D eigenvalue weighted by atomic mass is 10.5. The predicted octanol–water partition coefficient (Wildman–Crippen LogP) is 3.12. The van der Waals surface area contributed by atoms with Crippen molar-refractivity contribution in [3.05, 3.63) is 0 Å². The van der Waals surface area contributed by atoms with Gasteiger partial charge in [0, 0.05) is 18.3 Å². The average Bonchev–Trinajstić information content (AvgIpc) is 1.81. The zero-order valence-corrected chi connectivity index (χ0v) is 11.2. The lowest BCUT2D eigenvalue weighted by molar-refractivity contribution is 0.123. The summed E-state index contributed by atoms with van der Waals surface area (Å²) in [5, 5.41) is 0. The molecule has 0 aromatic rings. The second kappa shape index (κ2) is 6.06. The fraction of sp³-hybridized carbons (Fsp3) is 1.00. The van der Waals surface area contributed by atoms with Gasteiger partial charge in [-0.15, -0.1) is 12.1 Å². The Morgan fingerprint density at radius 1 is 1.08 bits per heavy atom. The first-order valence-electron chi connectivity index (χ1n) is 4.97. The van der Waals surface area contributed by atoms with Crippen LogP contribution in [0.15, 0.2) is 0 Å². The first kappa shape index (κ1) is 13.5. The maximum absolute atomic E-state index is 5.77. The van der Waals surface area contributed by atoms with Crippen molar-refractivity contribution in [1.82, 2.24) is 0 Å². The molecule has 0 fully saturated rings. The quantitative estimate of drug-likeness (QED) is 0.550. The summed E-state index contributed by atoms with van der Waals surface area (Å²) in [7, 11) is -2.18. The molecular formula is C9H22O2SSi. The van der Waals surface area contributed by atoms with Gasteiger partial charge in [0.05, 0.1) is 0 Å². The molecule has 0 radical (unpaired) electrons. The Bertz CT molecular complexity index is 130. The molecule has 0 aromatic heterocycles. The van der Waals surface area contributed by atoms with Gasteiger partial charge in [-0.25, -0.2) is 0 Å². The van der Waals surface area contributed by atoms with E-state index in [0.717, 1.165) is 12.5 Å². The summed E-state index contributed by atoms with van der Waals surface area (Å²) in [4.78, 5) is 0. The standard InChI is InChI=1S/C9H22O2SSi/c1-6-7-13(12,10-8(2)3)11-9(4)5/h8-9,12H,6-7H2,1-5H3. The van der Waals surface area contributed by atoms with Gasteiger partial charge in [0.2, 0.25) is 0 Å². The molecule has 4 heteroatoms. The molecule has 13 heavy (non-hydrogen) atoms. The molecule has 80 valence electrons. The number of thiol groups is 1. The molecule has 0 unspecified atom stereocenters. The lowest BCUT2D eigenvalue weighted by Gasteiger charge is -2.29. The molecule has 0 saturated heterocycles. The average molecular weight is 222 g/mol. The van der Waals surface area contributed by atoms with Crippen LogP contribution in [0.25, 0.3) is 0 Å². The molecule has 0 saturated carbocycles. The molecule has 2 nitrogen and oxygen atoms in total. The van der Waals surface area contributed by atoms with Crippen molar-refractivity contribution in [2.45, 2.75) is 59.3 Å². The molecule has 0 rings (SSSR count). The molecule has 0 spiro atoms. The van der Waals surface area contributed by atoms with Crippen molar-refractivity contribution in [3.8, 4) is 0 Å². The highest BCUT2D eigenvalue weighted by Gasteiger charge is 2.34. The van der Waals surface area contributed by atoms with Gasteiger partial charge >= 0.3 is 7.71 Å². The smallest absolute Gasteiger partial charge is 0.384 e. The molecule has 0 N–H and O–H groups in total. The van der Waals surface area contributed by atoms with Crippen LogP contribution in [0.1, 0.15) is 41.0 Å². The van der Waals surface area contributed by atoms with Crippen LogP contribution in [-0.4, -0.2) is 19.9 Å². The number of hydrogen-bond acceptors (Lipinski definition) is 3. The van der Waals surface area contributed by atoms with Gasteiger partial charge in [0.25, 0.3) is 0 Å². The highest BCUT2D eigenvalue weighted by atomic mass is 32.3. The van der Waals surface area contributed by atoms with Crippen LogP contribution < -0.4 is 0 Å².